The van der Waals surface area contributed by atoms with Gasteiger partial charge in [-0.05, 0) is 92.9 Å². The zero-order chi connectivity index (χ0) is 52.3. The molecule has 0 heterocycles. The molecule has 0 saturated heterocycles. The van der Waals surface area contributed by atoms with Crippen LogP contribution < -0.4 is 48.7 Å². The van der Waals surface area contributed by atoms with Crippen molar-refractivity contribution < 1.29 is 58.2 Å². The molecule has 0 aromatic rings. The van der Waals surface area contributed by atoms with Crippen molar-refractivity contribution in [3.05, 3.63) is 0 Å². The Kier molecular flexibility index (Phi) is 34.3. The van der Waals surface area contributed by atoms with Crippen LogP contribution in [-0.2, 0) is 47.8 Å². The topological polar surface area (TPSA) is 349 Å². The van der Waals surface area contributed by atoms with Crippen molar-refractivity contribution in [2.75, 3.05) is 72.4 Å². The van der Waals surface area contributed by atoms with Crippen molar-refractivity contribution in [2.24, 2.45) is 33.6 Å². The minimum Gasteiger partial charge on any atom is -0.411 e. The third-order valence-corrected chi connectivity index (χ3v) is 11.7. The van der Waals surface area contributed by atoms with E-state index in [1.807, 2.05) is 27.7 Å². The fraction of sp³-hybridized carbons (Fsp3) is 0.804. The lowest BCUT2D eigenvalue weighted by atomic mass is 9.98. The molecular formula is C46H87N11O12. The summed E-state index contributed by atoms with van der Waals surface area (Å²) in [6, 6.07) is -1.30. The van der Waals surface area contributed by atoms with Crippen LogP contribution in [0, 0.1) is 11.8 Å². The lowest BCUT2D eigenvalue weighted by Crippen LogP contribution is -2.57. The highest BCUT2D eigenvalue weighted by molar-refractivity contribution is 5.91. The first-order valence-electron chi connectivity index (χ1n) is 24.2. The van der Waals surface area contributed by atoms with Crippen molar-refractivity contribution in [2.45, 2.75) is 156 Å². The Morgan fingerprint density at radius 3 is 1.35 bits per heavy atom. The maximum absolute atomic E-state index is 13.3. The molecule has 398 valence electrons. The number of carbonyl (C=O) groups excluding carboxylic acids is 7. The van der Waals surface area contributed by atoms with E-state index in [1.165, 1.54) is 0 Å². The summed E-state index contributed by atoms with van der Waals surface area (Å²) in [4.78, 5) is 86.1. The molecule has 0 aliphatic rings. The number of hydrogen-bond acceptors (Lipinski definition) is 16. The number of oxime groups is 2. The number of hydrogen-bond donors (Lipinski definition) is 11. The van der Waals surface area contributed by atoms with Gasteiger partial charge in [-0.3, -0.25) is 33.6 Å². The van der Waals surface area contributed by atoms with Gasteiger partial charge in [0.1, 0.15) is 19.3 Å². The van der Waals surface area contributed by atoms with Crippen molar-refractivity contribution in [3.8, 4) is 0 Å². The molecule has 0 aliphatic carbocycles. The molecule has 3 atom stereocenters. The van der Waals surface area contributed by atoms with E-state index in [9.17, 15) is 44.0 Å². The highest BCUT2D eigenvalue weighted by Crippen LogP contribution is 2.10. The first kappa shape index (κ1) is 64.0. The molecular weight excluding hydrogens is 899 g/mol. The van der Waals surface area contributed by atoms with E-state index in [0.717, 1.165) is 12.8 Å². The molecule has 0 fully saturated rings. The van der Waals surface area contributed by atoms with Gasteiger partial charge in [0.25, 0.3) is 0 Å². The summed E-state index contributed by atoms with van der Waals surface area (Å²) in [5, 5.41) is 46.0. The van der Waals surface area contributed by atoms with Crippen LogP contribution in [0.1, 0.15) is 132 Å². The maximum atomic E-state index is 13.3. The van der Waals surface area contributed by atoms with E-state index >= 15 is 0 Å². The van der Waals surface area contributed by atoms with Gasteiger partial charge in [0.15, 0.2) is 0 Å². The molecule has 13 N–H and O–H groups in total. The van der Waals surface area contributed by atoms with E-state index in [0.29, 0.717) is 89.1 Å². The van der Waals surface area contributed by atoms with Gasteiger partial charge in [-0.1, -0.05) is 37.0 Å². The highest BCUT2D eigenvalue weighted by Gasteiger charge is 2.27. The summed E-state index contributed by atoms with van der Waals surface area (Å²) in [6.45, 7) is 16.5. The predicted octanol–water partition coefficient (Wildman–Crippen LogP) is 0.715. The second kappa shape index (κ2) is 36.9. The second-order valence-electron chi connectivity index (χ2n) is 18.4. The van der Waals surface area contributed by atoms with Gasteiger partial charge >= 0.3 is 0 Å². The van der Waals surface area contributed by atoms with Crippen LogP contribution in [0.15, 0.2) is 10.3 Å². The average Bonchev–Trinajstić information content (AvgIpc) is 3.29. The van der Waals surface area contributed by atoms with Crippen LogP contribution in [0.3, 0.4) is 0 Å². The summed E-state index contributed by atoms with van der Waals surface area (Å²) in [6.07, 6.45) is 5.61. The Bertz CT molecular complexity index is 1580. The summed E-state index contributed by atoms with van der Waals surface area (Å²) < 4.78 is 16.1. The molecule has 23 heteroatoms. The van der Waals surface area contributed by atoms with Crippen molar-refractivity contribution in [1.82, 2.24) is 37.2 Å². The zero-order valence-corrected chi connectivity index (χ0v) is 42.6. The Morgan fingerprint density at radius 2 is 0.928 bits per heavy atom. The third-order valence-electron chi connectivity index (χ3n) is 11.7. The van der Waals surface area contributed by atoms with E-state index in [-0.39, 0.29) is 106 Å². The number of nitrogens with zero attached hydrogens (tertiary/aromatic N) is 2. The highest BCUT2D eigenvalue weighted by atomic mass is 16.5. The predicted molar refractivity (Wildman–Crippen MR) is 261 cm³/mol. The number of unbranched alkanes of at least 4 members (excludes halogenated alkanes) is 3. The van der Waals surface area contributed by atoms with Gasteiger partial charge in [-0.2, -0.15) is 0 Å². The molecule has 0 radical (unpaired) electrons. The van der Waals surface area contributed by atoms with Gasteiger partial charge in [0, 0.05) is 57.4 Å². The van der Waals surface area contributed by atoms with Gasteiger partial charge < -0.3 is 73.3 Å². The molecule has 0 rings (SSSR count). The number of primary amides is 2. The quantitative estimate of drug-likeness (QED) is 0.0174. The maximum Gasteiger partial charge on any atom is 0.245 e. The van der Waals surface area contributed by atoms with E-state index in [1.54, 1.807) is 27.7 Å². The average molecular weight is 986 g/mol. The van der Waals surface area contributed by atoms with Gasteiger partial charge in [0.05, 0.1) is 55.0 Å². The number of nitrogens with one attached hydrogen (secondary N) is 7. The summed E-state index contributed by atoms with van der Waals surface area (Å²) in [5.41, 5.74) is 10.1. The SMILES string of the molecule is C/C(=N/O)C(C)(C)NCC(CNC(C)(C)/C(C)=N\O)NC(=O)CCCC(=O)N[C@@H](CCCCNC(=O)COCCOCCOCC(=O)NCCCC[C@H](C)C(N)=O)C(=O)NCCCC[C@H](C)C(N)=O. The van der Waals surface area contributed by atoms with Gasteiger partial charge in [0.2, 0.25) is 41.4 Å². The van der Waals surface area contributed by atoms with Crippen molar-refractivity contribution in [3.63, 3.8) is 0 Å². The third kappa shape index (κ3) is 32.5. The minimum absolute atomic E-state index is 0.0155. The Labute approximate surface area is 408 Å². The van der Waals surface area contributed by atoms with Crippen molar-refractivity contribution >= 4 is 52.8 Å². The fourth-order valence-electron chi connectivity index (χ4n) is 6.15. The smallest absolute Gasteiger partial charge is 0.245 e. The monoisotopic (exact) mass is 986 g/mol. The lowest BCUT2D eigenvalue weighted by molar-refractivity contribution is -0.129. The number of amides is 7. The number of rotatable bonds is 42. The van der Waals surface area contributed by atoms with Crippen LogP contribution in [0.2, 0.25) is 0 Å². The Balaban J connectivity index is 4.88. The summed E-state index contributed by atoms with van der Waals surface area (Å²) in [5.74, 6) is -2.82. The molecule has 0 unspecified atom stereocenters. The van der Waals surface area contributed by atoms with Gasteiger partial charge in [-0.15, -0.1) is 0 Å². The number of nitrogens with two attached hydrogens (primary N) is 2. The van der Waals surface area contributed by atoms with Gasteiger partial charge in [-0.25, -0.2) is 0 Å². The van der Waals surface area contributed by atoms with Crippen LogP contribution in [0.25, 0.3) is 0 Å². The first-order valence-corrected chi connectivity index (χ1v) is 24.2. The summed E-state index contributed by atoms with van der Waals surface area (Å²) in [7, 11) is 0. The number of carbonyl (C=O) groups is 7. The fourth-order valence-corrected chi connectivity index (χ4v) is 6.15. The first-order chi connectivity index (χ1) is 32.6. The normalized spacial score (nSPS) is 14.0. The lowest BCUT2D eigenvalue weighted by Gasteiger charge is -2.32. The molecule has 7 amide bonds. The number of ether oxygens (including phenoxy) is 3. The standard InChI is InChI=1S/C46H87N11O12/c1-32(42(47)62)16-9-12-21-49-40(60)30-68-26-24-67-25-27-69-31-41(61)50-22-14-11-18-37(44(64)51-23-13-10-17-33(2)43(48)63)55-39(59)20-15-19-38(58)54-36(28-52-45(5,6)34(3)56-65)29-53-46(7,8)35(4)57-66/h32-33,36-37,52-53,65-66H,9-31H2,1-8H3,(H2,47,62)(H2,48,63)(H,49,60)(H,50,61)(H,51,64)(H,54,58)(H,55,59)/b56-34-,57-35-/t32-,33-,37-/m0/s1. The van der Waals surface area contributed by atoms with E-state index < -0.39 is 29.1 Å². The Morgan fingerprint density at radius 1 is 0.536 bits per heavy atom. The zero-order valence-electron chi connectivity index (χ0n) is 42.6. The molecule has 0 aromatic heterocycles. The van der Waals surface area contributed by atoms with Crippen LogP contribution in [0.4, 0.5) is 0 Å². The molecule has 23 nitrogen and oxygen atoms in total. The molecule has 0 aliphatic heterocycles. The van der Waals surface area contributed by atoms with Crippen LogP contribution in [-0.4, -0.2) is 159 Å². The molecule has 0 aromatic carbocycles. The van der Waals surface area contributed by atoms with E-state index in [2.05, 4.69) is 47.5 Å². The second-order valence-corrected chi connectivity index (χ2v) is 18.4. The molecule has 0 spiro atoms. The van der Waals surface area contributed by atoms with Crippen molar-refractivity contribution in [1.29, 1.82) is 0 Å². The Hall–Kier alpha value is -4.97. The largest absolute Gasteiger partial charge is 0.411 e. The molecule has 69 heavy (non-hydrogen) atoms. The van der Waals surface area contributed by atoms with E-state index in [4.69, 9.17) is 25.7 Å². The van der Waals surface area contributed by atoms with Crippen LogP contribution >= 0.6 is 0 Å². The molecule has 0 bridgehead atoms. The minimum atomic E-state index is -0.858. The van der Waals surface area contributed by atoms with Crippen LogP contribution in [0.5, 0.6) is 0 Å². The summed E-state index contributed by atoms with van der Waals surface area (Å²) >= 11 is 0. The molecule has 0 saturated carbocycles.